The van der Waals surface area contributed by atoms with E-state index in [1.165, 1.54) is 0 Å². The normalized spacial score (nSPS) is 12.9. The van der Waals surface area contributed by atoms with Crippen LogP contribution in [0.4, 0.5) is 6.01 Å². The molecule has 0 aliphatic heterocycles. The number of rotatable bonds is 7. The zero-order valence-corrected chi connectivity index (χ0v) is 13.2. The Kier molecular flexibility index (Phi) is 4.95. The smallest absolute Gasteiger partial charge is 0.315 e. The minimum atomic E-state index is -0.00632. The van der Waals surface area contributed by atoms with Gasteiger partial charge in [0.05, 0.1) is 18.3 Å². The highest BCUT2D eigenvalue weighted by atomic mass is 16.5. The van der Waals surface area contributed by atoms with E-state index >= 15 is 0 Å². The van der Waals surface area contributed by atoms with Crippen LogP contribution in [0.25, 0.3) is 0 Å². The van der Waals surface area contributed by atoms with Crippen LogP contribution in [-0.2, 0) is 6.54 Å². The zero-order valence-electron chi connectivity index (χ0n) is 13.2. The summed E-state index contributed by atoms with van der Waals surface area (Å²) in [4.78, 5) is 0. The van der Waals surface area contributed by atoms with E-state index in [1.54, 1.807) is 0 Å². The standard InChI is InChI=1S/C14H23N5O2/c1-8(2)6-15-7-12-17-18-14(20-12)16-9(3)13-10(4)19-21-11(13)5/h8-9,15H,6-7H2,1-5H3,(H,16,18). The van der Waals surface area contributed by atoms with Gasteiger partial charge in [0.15, 0.2) is 0 Å². The summed E-state index contributed by atoms with van der Waals surface area (Å²) in [5.74, 6) is 1.96. The quantitative estimate of drug-likeness (QED) is 0.811. The Bertz CT molecular complexity index is 556. The third-order valence-electron chi connectivity index (χ3n) is 3.16. The molecule has 2 aromatic rings. The molecule has 2 heterocycles. The predicted octanol–water partition coefficient (Wildman–Crippen LogP) is 2.59. The van der Waals surface area contributed by atoms with Gasteiger partial charge >= 0.3 is 6.01 Å². The van der Waals surface area contributed by atoms with E-state index in [1.807, 2.05) is 20.8 Å². The second-order valence-corrected chi connectivity index (χ2v) is 5.63. The summed E-state index contributed by atoms with van der Waals surface area (Å²) in [7, 11) is 0. The summed E-state index contributed by atoms with van der Waals surface area (Å²) in [6.45, 7) is 11.6. The molecule has 7 heteroatoms. The summed E-state index contributed by atoms with van der Waals surface area (Å²) >= 11 is 0. The van der Waals surface area contributed by atoms with Gasteiger partial charge in [-0.05, 0) is 33.2 Å². The summed E-state index contributed by atoms with van der Waals surface area (Å²) in [6.07, 6.45) is 0. The van der Waals surface area contributed by atoms with E-state index in [-0.39, 0.29) is 6.04 Å². The van der Waals surface area contributed by atoms with E-state index in [0.29, 0.717) is 24.4 Å². The van der Waals surface area contributed by atoms with Crippen molar-refractivity contribution in [2.45, 2.75) is 47.2 Å². The summed E-state index contributed by atoms with van der Waals surface area (Å²) in [5, 5.41) is 18.4. The Labute approximate surface area is 124 Å². The molecule has 0 radical (unpaired) electrons. The first-order valence-electron chi connectivity index (χ1n) is 7.19. The van der Waals surface area contributed by atoms with Crippen molar-refractivity contribution >= 4 is 6.01 Å². The van der Waals surface area contributed by atoms with Crippen molar-refractivity contribution in [3.05, 3.63) is 22.9 Å². The van der Waals surface area contributed by atoms with Crippen LogP contribution in [0.5, 0.6) is 0 Å². The van der Waals surface area contributed by atoms with Crippen molar-refractivity contribution in [1.29, 1.82) is 0 Å². The van der Waals surface area contributed by atoms with Crippen LogP contribution in [-0.4, -0.2) is 21.9 Å². The SMILES string of the molecule is Cc1noc(C)c1C(C)Nc1nnc(CNCC(C)C)o1. The average Bonchev–Trinajstić information content (AvgIpc) is 2.96. The molecule has 0 aliphatic carbocycles. The number of nitrogens with zero attached hydrogens (tertiary/aromatic N) is 3. The molecule has 2 N–H and O–H groups in total. The molecule has 1 atom stereocenters. The van der Waals surface area contributed by atoms with Crippen LogP contribution in [0.2, 0.25) is 0 Å². The van der Waals surface area contributed by atoms with Crippen molar-refractivity contribution in [1.82, 2.24) is 20.7 Å². The zero-order chi connectivity index (χ0) is 15.4. The van der Waals surface area contributed by atoms with E-state index in [4.69, 9.17) is 8.94 Å². The van der Waals surface area contributed by atoms with Gasteiger partial charge in [-0.15, -0.1) is 5.10 Å². The van der Waals surface area contributed by atoms with Gasteiger partial charge < -0.3 is 19.6 Å². The Morgan fingerprint density at radius 1 is 1.14 bits per heavy atom. The van der Waals surface area contributed by atoms with E-state index in [2.05, 4.69) is 39.8 Å². The van der Waals surface area contributed by atoms with E-state index < -0.39 is 0 Å². The third kappa shape index (κ3) is 4.04. The second kappa shape index (κ2) is 6.71. The lowest BCUT2D eigenvalue weighted by Crippen LogP contribution is -2.19. The van der Waals surface area contributed by atoms with E-state index in [0.717, 1.165) is 23.6 Å². The maximum Gasteiger partial charge on any atom is 0.315 e. The van der Waals surface area contributed by atoms with Crippen LogP contribution < -0.4 is 10.6 Å². The molecular formula is C14H23N5O2. The van der Waals surface area contributed by atoms with Gasteiger partial charge in [-0.3, -0.25) is 0 Å². The Hall–Kier alpha value is -1.89. The van der Waals surface area contributed by atoms with Crippen LogP contribution in [0, 0.1) is 19.8 Å². The predicted molar refractivity (Wildman–Crippen MR) is 78.9 cm³/mol. The molecule has 0 amide bonds. The number of nitrogens with one attached hydrogen (secondary N) is 2. The summed E-state index contributed by atoms with van der Waals surface area (Å²) < 4.78 is 10.7. The molecule has 21 heavy (non-hydrogen) atoms. The first-order valence-corrected chi connectivity index (χ1v) is 7.19. The van der Waals surface area contributed by atoms with Crippen LogP contribution in [0.3, 0.4) is 0 Å². The minimum Gasteiger partial charge on any atom is -0.407 e. The van der Waals surface area contributed by atoms with Gasteiger partial charge in [0.25, 0.3) is 0 Å². The van der Waals surface area contributed by atoms with Gasteiger partial charge in [0, 0.05) is 5.56 Å². The number of hydrogen-bond donors (Lipinski definition) is 2. The summed E-state index contributed by atoms with van der Waals surface area (Å²) in [5.41, 5.74) is 1.89. The van der Waals surface area contributed by atoms with Crippen molar-refractivity contribution in [3.63, 3.8) is 0 Å². The van der Waals surface area contributed by atoms with Crippen molar-refractivity contribution < 1.29 is 8.94 Å². The summed E-state index contributed by atoms with van der Waals surface area (Å²) in [6, 6.07) is 0.400. The maximum absolute atomic E-state index is 5.57. The number of hydrogen-bond acceptors (Lipinski definition) is 7. The third-order valence-corrected chi connectivity index (χ3v) is 3.16. The number of aromatic nitrogens is 3. The second-order valence-electron chi connectivity index (χ2n) is 5.63. The molecule has 7 nitrogen and oxygen atoms in total. The van der Waals surface area contributed by atoms with Gasteiger partial charge in [-0.1, -0.05) is 24.1 Å². The van der Waals surface area contributed by atoms with Gasteiger partial charge in [-0.25, -0.2) is 0 Å². The van der Waals surface area contributed by atoms with Crippen molar-refractivity contribution in [3.8, 4) is 0 Å². The Morgan fingerprint density at radius 2 is 1.90 bits per heavy atom. The molecule has 0 bridgehead atoms. The minimum absolute atomic E-state index is 0.00632. The number of anilines is 1. The van der Waals surface area contributed by atoms with Crippen molar-refractivity contribution in [2.24, 2.45) is 5.92 Å². The highest BCUT2D eigenvalue weighted by molar-refractivity contribution is 5.32. The lowest BCUT2D eigenvalue weighted by atomic mass is 10.1. The highest BCUT2D eigenvalue weighted by Gasteiger charge is 2.18. The van der Waals surface area contributed by atoms with Gasteiger partial charge in [0.1, 0.15) is 5.76 Å². The molecule has 0 spiro atoms. The Balaban J connectivity index is 1.93. The molecule has 2 rings (SSSR count). The first-order chi connectivity index (χ1) is 9.97. The largest absolute Gasteiger partial charge is 0.407 e. The molecular weight excluding hydrogens is 270 g/mol. The Morgan fingerprint density at radius 3 is 2.52 bits per heavy atom. The van der Waals surface area contributed by atoms with Gasteiger partial charge in [0.2, 0.25) is 5.89 Å². The van der Waals surface area contributed by atoms with E-state index in [9.17, 15) is 0 Å². The number of aryl methyl sites for hydroxylation is 2. The van der Waals surface area contributed by atoms with Crippen LogP contribution in [0.1, 0.15) is 49.7 Å². The molecule has 116 valence electrons. The highest BCUT2D eigenvalue weighted by Crippen LogP contribution is 2.24. The fourth-order valence-corrected chi connectivity index (χ4v) is 2.22. The monoisotopic (exact) mass is 293 g/mol. The molecule has 0 fully saturated rings. The fraction of sp³-hybridized carbons (Fsp3) is 0.643. The van der Waals surface area contributed by atoms with Crippen LogP contribution >= 0.6 is 0 Å². The van der Waals surface area contributed by atoms with Crippen molar-refractivity contribution in [2.75, 3.05) is 11.9 Å². The molecule has 0 saturated heterocycles. The lowest BCUT2D eigenvalue weighted by Gasteiger charge is -2.11. The van der Waals surface area contributed by atoms with Crippen LogP contribution in [0.15, 0.2) is 8.94 Å². The molecule has 2 aromatic heterocycles. The topological polar surface area (TPSA) is 89.0 Å². The lowest BCUT2D eigenvalue weighted by molar-refractivity contribution is 0.391. The molecule has 0 aromatic carbocycles. The average molecular weight is 293 g/mol. The molecule has 0 saturated carbocycles. The molecule has 1 unspecified atom stereocenters. The van der Waals surface area contributed by atoms with Gasteiger partial charge in [-0.2, -0.15) is 0 Å². The fourth-order valence-electron chi connectivity index (χ4n) is 2.22. The molecule has 0 aliphatic rings. The maximum atomic E-state index is 5.57. The first kappa shape index (κ1) is 15.5.